The van der Waals surface area contributed by atoms with E-state index in [0.29, 0.717) is 10.9 Å². The van der Waals surface area contributed by atoms with Gasteiger partial charge in [0.05, 0.1) is 22.3 Å². The zero-order valence-corrected chi connectivity index (χ0v) is 8.99. The van der Waals surface area contributed by atoms with Gasteiger partial charge in [0, 0.05) is 16.8 Å². The van der Waals surface area contributed by atoms with Crippen LogP contribution in [0.3, 0.4) is 0 Å². The molecular weight excluding hydrogens is 210 g/mol. The molecule has 1 aromatic carbocycles. The fourth-order valence-electron chi connectivity index (χ4n) is 2.17. The maximum absolute atomic E-state index is 9.13. The quantitative estimate of drug-likeness (QED) is 0.598. The summed E-state index contributed by atoms with van der Waals surface area (Å²) in [6.45, 7) is 0. The molecule has 3 nitrogen and oxygen atoms in total. The molecule has 1 aliphatic carbocycles. The molecule has 17 heavy (non-hydrogen) atoms. The number of nitrogens with zero attached hydrogens (tertiary/aromatic N) is 1. The number of hydrogen-bond acceptors (Lipinski definition) is 2. The van der Waals surface area contributed by atoms with Gasteiger partial charge in [-0.05, 0) is 23.6 Å². The summed E-state index contributed by atoms with van der Waals surface area (Å²) >= 11 is 0. The molecule has 0 radical (unpaired) electrons. The summed E-state index contributed by atoms with van der Waals surface area (Å²) < 4.78 is 0. The Morgan fingerprint density at radius 1 is 1.12 bits per heavy atom. The first kappa shape index (κ1) is 9.61. The zero-order valence-electron chi connectivity index (χ0n) is 8.99. The van der Waals surface area contributed by atoms with Crippen molar-refractivity contribution in [2.24, 2.45) is 0 Å². The van der Waals surface area contributed by atoms with E-state index in [1.54, 1.807) is 24.4 Å². The highest BCUT2D eigenvalue weighted by Crippen LogP contribution is 2.20. The first-order valence-corrected chi connectivity index (χ1v) is 5.29. The molecule has 0 saturated heterocycles. The molecule has 1 heterocycles. The van der Waals surface area contributed by atoms with Crippen LogP contribution in [0.15, 0.2) is 42.6 Å². The topological polar surface area (TPSA) is 63.4 Å². The Hall–Kier alpha value is -2.60. The van der Waals surface area contributed by atoms with Crippen molar-refractivity contribution in [1.29, 1.82) is 10.7 Å². The standard InChI is InChI=1S/C14H9N3/c15-8-9-4-3-7-17-14-12(9)10-5-1-2-6-11(16)13(10)14/h1-7,16-17H. The van der Waals surface area contributed by atoms with Gasteiger partial charge in [-0.15, -0.1) is 0 Å². The molecule has 1 aliphatic heterocycles. The highest BCUT2D eigenvalue weighted by atomic mass is 14.6. The number of aromatic amines is 1. The molecule has 0 atom stereocenters. The maximum atomic E-state index is 9.13. The van der Waals surface area contributed by atoms with Gasteiger partial charge in [0.25, 0.3) is 0 Å². The van der Waals surface area contributed by atoms with Crippen molar-refractivity contribution in [2.75, 3.05) is 0 Å². The number of fused-ring (bicyclic) bond motifs is 3. The van der Waals surface area contributed by atoms with Crippen molar-refractivity contribution in [3.05, 3.63) is 64.1 Å². The van der Waals surface area contributed by atoms with Gasteiger partial charge < -0.3 is 10.4 Å². The van der Waals surface area contributed by atoms with E-state index in [9.17, 15) is 0 Å². The van der Waals surface area contributed by atoms with Gasteiger partial charge in [0.15, 0.2) is 0 Å². The summed E-state index contributed by atoms with van der Waals surface area (Å²) in [6.07, 6.45) is 1.79. The summed E-state index contributed by atoms with van der Waals surface area (Å²) in [4.78, 5) is 3.13. The van der Waals surface area contributed by atoms with Gasteiger partial charge >= 0.3 is 0 Å². The molecule has 0 fully saturated rings. The summed E-state index contributed by atoms with van der Waals surface area (Å²) in [5, 5.41) is 21.2. The van der Waals surface area contributed by atoms with E-state index >= 15 is 0 Å². The van der Waals surface area contributed by atoms with Crippen molar-refractivity contribution in [3.8, 4) is 6.07 Å². The predicted octanol–water partition coefficient (Wildman–Crippen LogP) is 2.24. The average molecular weight is 219 g/mol. The Labute approximate surface area is 97.1 Å². The van der Waals surface area contributed by atoms with Crippen LogP contribution in [0.4, 0.5) is 0 Å². The van der Waals surface area contributed by atoms with Gasteiger partial charge in [-0.2, -0.15) is 5.26 Å². The van der Waals surface area contributed by atoms with Gasteiger partial charge in [-0.1, -0.05) is 18.2 Å². The molecule has 0 amide bonds. The minimum absolute atomic E-state index is 0.476. The van der Waals surface area contributed by atoms with Gasteiger partial charge in [-0.3, -0.25) is 0 Å². The van der Waals surface area contributed by atoms with Crippen molar-refractivity contribution in [1.82, 2.24) is 4.98 Å². The van der Waals surface area contributed by atoms with Crippen molar-refractivity contribution >= 4 is 10.8 Å². The maximum Gasteiger partial charge on any atom is 0.0998 e. The lowest BCUT2D eigenvalue weighted by atomic mass is 10.0. The van der Waals surface area contributed by atoms with Crippen LogP contribution in [0.5, 0.6) is 0 Å². The van der Waals surface area contributed by atoms with Crippen molar-refractivity contribution in [2.45, 2.75) is 0 Å². The monoisotopic (exact) mass is 219 g/mol. The van der Waals surface area contributed by atoms with E-state index in [4.69, 9.17) is 10.7 Å². The molecule has 80 valence electrons. The van der Waals surface area contributed by atoms with E-state index in [-0.39, 0.29) is 0 Å². The van der Waals surface area contributed by atoms with Crippen molar-refractivity contribution < 1.29 is 0 Å². The fourth-order valence-corrected chi connectivity index (χ4v) is 2.17. The second-order valence-corrected chi connectivity index (χ2v) is 3.87. The lowest BCUT2D eigenvalue weighted by Gasteiger charge is -2.03. The number of H-pyrrole nitrogens is 1. The third kappa shape index (κ3) is 1.25. The molecular formula is C14H9N3. The highest BCUT2D eigenvalue weighted by molar-refractivity contribution is 5.88. The second-order valence-electron chi connectivity index (χ2n) is 3.87. The summed E-state index contributed by atoms with van der Waals surface area (Å²) in [5.74, 6) is 0. The number of nitrogens with one attached hydrogen (secondary N) is 2. The Kier molecular flexibility index (Phi) is 1.96. The van der Waals surface area contributed by atoms with Crippen LogP contribution in [0, 0.1) is 27.3 Å². The minimum atomic E-state index is 0.476. The summed E-state index contributed by atoms with van der Waals surface area (Å²) in [6, 6.07) is 13.2. The highest BCUT2D eigenvalue weighted by Gasteiger charge is 2.09. The number of aromatic nitrogens is 1. The van der Waals surface area contributed by atoms with Crippen LogP contribution in [-0.2, 0) is 0 Å². The molecule has 0 aromatic heterocycles. The molecule has 0 unspecified atom stereocenters. The lowest BCUT2D eigenvalue weighted by Crippen LogP contribution is -2.02. The first-order valence-electron chi connectivity index (χ1n) is 5.29. The van der Waals surface area contributed by atoms with Gasteiger partial charge in [0.2, 0.25) is 0 Å². The van der Waals surface area contributed by atoms with Crippen LogP contribution in [0.25, 0.3) is 10.8 Å². The number of hydrogen-bond donors (Lipinski definition) is 2. The normalized spacial score (nSPS) is 10.5. The Bertz CT molecular complexity index is 868. The smallest absolute Gasteiger partial charge is 0.0998 e. The Morgan fingerprint density at radius 2 is 1.94 bits per heavy atom. The van der Waals surface area contributed by atoms with E-state index in [2.05, 4.69) is 11.1 Å². The Balaban J connectivity index is 2.74. The van der Waals surface area contributed by atoms with Crippen LogP contribution < -0.4 is 5.36 Å². The zero-order chi connectivity index (χ0) is 11.8. The molecule has 3 heteroatoms. The second kappa shape index (κ2) is 3.46. The lowest BCUT2D eigenvalue weighted by molar-refractivity contribution is 1.24. The number of rotatable bonds is 0. The van der Waals surface area contributed by atoms with Crippen LogP contribution in [0.2, 0.25) is 0 Å². The predicted molar refractivity (Wildman–Crippen MR) is 64.2 cm³/mol. The van der Waals surface area contributed by atoms with E-state index in [1.807, 2.05) is 18.2 Å². The van der Waals surface area contributed by atoms with Crippen LogP contribution in [-0.4, -0.2) is 4.98 Å². The van der Waals surface area contributed by atoms with Crippen LogP contribution in [0.1, 0.15) is 5.56 Å². The van der Waals surface area contributed by atoms with Crippen LogP contribution >= 0.6 is 0 Å². The molecule has 1 aromatic rings. The fraction of sp³-hybridized carbons (Fsp3) is 0. The van der Waals surface area contributed by atoms with Gasteiger partial charge in [0.1, 0.15) is 0 Å². The largest absolute Gasteiger partial charge is 0.361 e. The minimum Gasteiger partial charge on any atom is -0.361 e. The van der Waals surface area contributed by atoms with Gasteiger partial charge in [-0.25, -0.2) is 0 Å². The molecule has 0 bridgehead atoms. The molecule has 3 rings (SSSR count). The van der Waals surface area contributed by atoms with E-state index in [1.165, 1.54) is 0 Å². The van der Waals surface area contributed by atoms with E-state index < -0.39 is 0 Å². The Morgan fingerprint density at radius 3 is 2.76 bits per heavy atom. The van der Waals surface area contributed by atoms with E-state index in [0.717, 1.165) is 21.3 Å². The number of nitriles is 1. The molecule has 0 saturated carbocycles. The molecule has 2 N–H and O–H groups in total. The third-order valence-corrected chi connectivity index (χ3v) is 2.92. The summed E-state index contributed by atoms with van der Waals surface area (Å²) in [5.41, 5.74) is 0.638. The first-order chi connectivity index (χ1) is 8.33. The molecule has 0 spiro atoms. The van der Waals surface area contributed by atoms with Crippen molar-refractivity contribution in [3.63, 3.8) is 0 Å². The summed E-state index contributed by atoms with van der Waals surface area (Å²) in [7, 11) is 0. The third-order valence-electron chi connectivity index (χ3n) is 2.92. The average Bonchev–Trinajstić information content (AvgIpc) is 2.57. The SMILES string of the molecule is N#Cc1ccc[nH]c2c3c(=N)ccccc3c1=2. The molecule has 2 aliphatic rings.